The number of halogens is 2. The third-order valence-corrected chi connectivity index (χ3v) is 3.79. The molecule has 1 aliphatic rings. The van der Waals surface area contributed by atoms with Gasteiger partial charge in [-0.3, -0.25) is 9.78 Å². The van der Waals surface area contributed by atoms with E-state index in [9.17, 15) is 13.6 Å². The van der Waals surface area contributed by atoms with Crippen LogP contribution in [0.5, 0.6) is 5.75 Å². The van der Waals surface area contributed by atoms with Crippen LogP contribution in [0.25, 0.3) is 0 Å². The van der Waals surface area contributed by atoms with Gasteiger partial charge in [0, 0.05) is 31.4 Å². The zero-order valence-electron chi connectivity index (χ0n) is 13.5. The van der Waals surface area contributed by atoms with Crippen molar-refractivity contribution in [2.75, 3.05) is 33.8 Å². The number of piperidine rings is 1. The van der Waals surface area contributed by atoms with Gasteiger partial charge in [-0.15, -0.1) is 0 Å². The third kappa shape index (κ3) is 5.13. The Morgan fingerprint density at radius 1 is 1.48 bits per heavy atom. The zero-order chi connectivity index (χ0) is 16.8. The number of nitrogens with zero attached hydrogens (tertiary/aromatic N) is 3. The minimum Gasteiger partial charge on any atom is -0.488 e. The van der Waals surface area contributed by atoms with Crippen molar-refractivity contribution in [1.29, 1.82) is 0 Å². The van der Waals surface area contributed by atoms with Gasteiger partial charge in [0.2, 0.25) is 0 Å². The molecule has 1 unspecified atom stereocenters. The number of amides is 1. The summed E-state index contributed by atoms with van der Waals surface area (Å²) in [4.78, 5) is 20.7. The Morgan fingerprint density at radius 2 is 2.26 bits per heavy atom. The van der Waals surface area contributed by atoms with E-state index >= 15 is 0 Å². The van der Waals surface area contributed by atoms with Gasteiger partial charge in [-0.05, 0) is 39.4 Å². The van der Waals surface area contributed by atoms with E-state index in [1.165, 1.54) is 18.3 Å². The van der Waals surface area contributed by atoms with Gasteiger partial charge in [-0.2, -0.15) is 0 Å². The number of likely N-dealkylation sites (tertiary alicyclic amines) is 1. The summed E-state index contributed by atoms with van der Waals surface area (Å²) >= 11 is 0. The topological polar surface area (TPSA) is 45.7 Å². The highest BCUT2D eigenvalue weighted by atomic mass is 19.3. The molecular formula is C16H23F2N3O2. The fourth-order valence-corrected chi connectivity index (χ4v) is 2.80. The van der Waals surface area contributed by atoms with Crippen LogP contribution >= 0.6 is 0 Å². The molecule has 1 aromatic heterocycles. The number of carbonyl (C=O) groups is 1. The molecule has 0 radical (unpaired) electrons. The van der Waals surface area contributed by atoms with Crippen molar-refractivity contribution in [3.05, 3.63) is 24.0 Å². The molecule has 23 heavy (non-hydrogen) atoms. The van der Waals surface area contributed by atoms with Crippen LogP contribution in [0.15, 0.2) is 18.3 Å². The lowest BCUT2D eigenvalue weighted by Crippen LogP contribution is -2.48. The number of carbonyl (C=O) groups excluding carboxylic acids is 1. The van der Waals surface area contributed by atoms with Crippen LogP contribution < -0.4 is 4.74 Å². The number of rotatable bonds is 6. The molecule has 128 valence electrons. The molecule has 1 fully saturated rings. The minimum absolute atomic E-state index is 0.152. The van der Waals surface area contributed by atoms with Crippen molar-refractivity contribution in [1.82, 2.24) is 14.8 Å². The lowest BCUT2D eigenvalue weighted by molar-refractivity contribution is 0.0567. The van der Waals surface area contributed by atoms with Gasteiger partial charge >= 0.3 is 0 Å². The maximum atomic E-state index is 12.7. The van der Waals surface area contributed by atoms with Crippen molar-refractivity contribution < 1.29 is 18.3 Å². The van der Waals surface area contributed by atoms with Crippen LogP contribution in [0.4, 0.5) is 8.78 Å². The van der Waals surface area contributed by atoms with E-state index < -0.39 is 13.0 Å². The molecule has 5 nitrogen and oxygen atoms in total. The number of ether oxygens (including phenoxy) is 1. The predicted molar refractivity (Wildman–Crippen MR) is 83.0 cm³/mol. The van der Waals surface area contributed by atoms with Crippen molar-refractivity contribution in [2.24, 2.45) is 0 Å². The Labute approximate surface area is 135 Å². The average Bonchev–Trinajstić information content (AvgIpc) is 2.52. The second kappa shape index (κ2) is 8.19. The van der Waals surface area contributed by atoms with Crippen molar-refractivity contribution >= 4 is 5.91 Å². The molecule has 7 heteroatoms. The molecule has 0 aromatic carbocycles. The highest BCUT2D eigenvalue weighted by Crippen LogP contribution is 2.21. The largest absolute Gasteiger partial charge is 0.488 e. The lowest BCUT2D eigenvalue weighted by atomic mass is 10.0. The quantitative estimate of drug-likeness (QED) is 0.804. The van der Waals surface area contributed by atoms with E-state index in [0.717, 1.165) is 25.8 Å². The lowest BCUT2D eigenvalue weighted by Gasteiger charge is -2.37. The smallest absolute Gasteiger partial charge is 0.272 e. The molecule has 1 aromatic rings. The Balaban J connectivity index is 2.09. The van der Waals surface area contributed by atoms with Gasteiger partial charge in [0.05, 0.1) is 0 Å². The summed E-state index contributed by atoms with van der Waals surface area (Å²) in [5.74, 6) is 0.0730. The van der Waals surface area contributed by atoms with E-state index in [2.05, 4.69) is 9.88 Å². The van der Waals surface area contributed by atoms with Gasteiger partial charge < -0.3 is 14.5 Å². The monoisotopic (exact) mass is 327 g/mol. The molecule has 0 saturated carbocycles. The molecule has 0 bridgehead atoms. The molecule has 1 atom stereocenters. The highest BCUT2D eigenvalue weighted by molar-refractivity contribution is 5.93. The Morgan fingerprint density at radius 3 is 2.96 bits per heavy atom. The van der Waals surface area contributed by atoms with Crippen molar-refractivity contribution in [3.8, 4) is 5.75 Å². The molecule has 1 saturated heterocycles. The molecule has 2 rings (SSSR count). The van der Waals surface area contributed by atoms with Gasteiger partial charge in [-0.25, -0.2) is 8.78 Å². The molecule has 1 aliphatic heterocycles. The van der Waals surface area contributed by atoms with Gasteiger partial charge in [0.1, 0.15) is 18.1 Å². The van der Waals surface area contributed by atoms with Crippen molar-refractivity contribution in [3.63, 3.8) is 0 Å². The molecule has 0 spiro atoms. The number of pyridine rings is 1. The molecule has 0 N–H and O–H groups in total. The molecular weight excluding hydrogens is 304 g/mol. The first-order valence-electron chi connectivity index (χ1n) is 7.80. The fourth-order valence-electron chi connectivity index (χ4n) is 2.80. The SMILES string of the molecule is CN(C)CC1CCCCN1C(=O)c1cc(OCC(F)F)ccn1. The highest BCUT2D eigenvalue weighted by Gasteiger charge is 2.28. The first-order valence-corrected chi connectivity index (χ1v) is 7.80. The molecule has 1 amide bonds. The van der Waals surface area contributed by atoms with Gasteiger partial charge in [0.15, 0.2) is 0 Å². The Bertz CT molecular complexity index is 526. The summed E-state index contributed by atoms with van der Waals surface area (Å²) in [5, 5.41) is 0. The van der Waals surface area contributed by atoms with Crippen LogP contribution in [0.2, 0.25) is 0 Å². The number of aromatic nitrogens is 1. The standard InChI is InChI=1S/C16H23F2N3O2/c1-20(2)10-12-5-3-4-8-21(12)16(22)14-9-13(6-7-19-14)23-11-15(17)18/h6-7,9,12,15H,3-5,8,10-11H2,1-2H3. The summed E-state index contributed by atoms with van der Waals surface area (Å²) in [6, 6.07) is 3.07. The average molecular weight is 327 g/mol. The Hall–Kier alpha value is -1.76. The number of hydrogen-bond acceptors (Lipinski definition) is 4. The number of likely N-dealkylation sites (N-methyl/N-ethyl adjacent to an activating group) is 1. The van der Waals surface area contributed by atoms with Gasteiger partial charge in [0.25, 0.3) is 12.3 Å². The summed E-state index contributed by atoms with van der Waals surface area (Å²) < 4.78 is 29.4. The van der Waals surface area contributed by atoms with Crippen LogP contribution in [-0.2, 0) is 0 Å². The van der Waals surface area contributed by atoms with E-state index in [1.807, 2.05) is 19.0 Å². The minimum atomic E-state index is -2.55. The maximum absolute atomic E-state index is 12.7. The maximum Gasteiger partial charge on any atom is 0.272 e. The Kier molecular flexibility index (Phi) is 6.27. The fraction of sp³-hybridized carbons (Fsp3) is 0.625. The second-order valence-corrected chi connectivity index (χ2v) is 5.99. The summed E-state index contributed by atoms with van der Waals surface area (Å²) in [7, 11) is 3.96. The van der Waals surface area contributed by atoms with Crippen LogP contribution in [0.3, 0.4) is 0 Å². The predicted octanol–water partition coefficient (Wildman–Crippen LogP) is 2.28. The third-order valence-electron chi connectivity index (χ3n) is 3.79. The van der Waals surface area contributed by atoms with Crippen molar-refractivity contribution in [2.45, 2.75) is 31.7 Å². The first kappa shape index (κ1) is 17.6. The normalized spacial score (nSPS) is 18.5. The number of hydrogen-bond donors (Lipinski definition) is 0. The zero-order valence-corrected chi connectivity index (χ0v) is 13.5. The molecule has 2 heterocycles. The van der Waals surface area contributed by atoms with Gasteiger partial charge in [-0.1, -0.05) is 0 Å². The van der Waals surface area contributed by atoms with Crippen LogP contribution in [0.1, 0.15) is 29.8 Å². The summed E-state index contributed by atoms with van der Waals surface area (Å²) in [5.41, 5.74) is 0.238. The van der Waals surface area contributed by atoms with E-state index in [1.54, 1.807) is 0 Å². The first-order chi connectivity index (χ1) is 11.0. The second-order valence-electron chi connectivity index (χ2n) is 5.99. The van der Waals surface area contributed by atoms with Crippen LogP contribution in [-0.4, -0.2) is 67.0 Å². The van der Waals surface area contributed by atoms with E-state index in [4.69, 9.17) is 4.74 Å². The van der Waals surface area contributed by atoms with E-state index in [0.29, 0.717) is 6.54 Å². The number of alkyl halides is 2. The summed E-state index contributed by atoms with van der Waals surface area (Å²) in [6.07, 6.45) is 1.91. The van der Waals surface area contributed by atoms with Crippen LogP contribution in [0, 0.1) is 0 Å². The summed E-state index contributed by atoms with van der Waals surface area (Å²) in [6.45, 7) is 0.805. The molecule has 0 aliphatic carbocycles. The van der Waals surface area contributed by atoms with E-state index in [-0.39, 0.29) is 23.4 Å².